The van der Waals surface area contributed by atoms with Crippen molar-refractivity contribution >= 4 is 17.4 Å². The van der Waals surface area contributed by atoms with Gasteiger partial charge in [-0.1, -0.05) is 6.58 Å². The summed E-state index contributed by atoms with van der Waals surface area (Å²) < 4.78 is 4.89. The maximum Gasteiger partial charge on any atom is 0.0873 e. The Morgan fingerprint density at radius 2 is 2.40 bits per heavy atom. The Bertz CT molecular complexity index is 130. The van der Waals surface area contributed by atoms with Crippen LogP contribution in [0.3, 0.4) is 0 Å². The second kappa shape index (κ2) is 8.34. The molecule has 0 unspecified atom stereocenters. The topological polar surface area (TPSA) is 21.6 Å². The molecule has 0 aromatic rings. The van der Waals surface area contributed by atoms with Crippen molar-refractivity contribution in [2.45, 2.75) is 12.8 Å². The molecule has 56 valence electrons. The molecule has 0 fully saturated rings. The van der Waals surface area contributed by atoms with Gasteiger partial charge in [0, 0.05) is 6.54 Å². The van der Waals surface area contributed by atoms with E-state index in [1.165, 1.54) is 6.26 Å². The van der Waals surface area contributed by atoms with Crippen LogP contribution in [-0.4, -0.2) is 18.3 Å². The molecular weight excluding hydrogens is 146 g/mol. The zero-order chi connectivity index (χ0) is 7.66. The van der Waals surface area contributed by atoms with E-state index < -0.39 is 0 Å². The van der Waals surface area contributed by atoms with Crippen LogP contribution < -0.4 is 0 Å². The maximum absolute atomic E-state index is 4.89. The summed E-state index contributed by atoms with van der Waals surface area (Å²) in [6.45, 7) is 4.89. The molecule has 0 aliphatic carbocycles. The molecule has 0 atom stereocenters. The van der Waals surface area contributed by atoms with Gasteiger partial charge in [0.15, 0.2) is 0 Å². The summed E-state index contributed by atoms with van der Waals surface area (Å²) in [6.07, 6.45) is 3.44. The minimum Gasteiger partial charge on any atom is -0.502 e. The van der Waals surface area contributed by atoms with Crippen molar-refractivity contribution < 1.29 is 4.74 Å². The number of rotatable bonds is 6. The molecule has 0 aliphatic rings. The molecule has 0 saturated heterocycles. The van der Waals surface area contributed by atoms with Gasteiger partial charge in [0.1, 0.15) is 0 Å². The van der Waals surface area contributed by atoms with Gasteiger partial charge in [-0.2, -0.15) is 0 Å². The normalized spacial score (nSPS) is 8.00. The lowest BCUT2D eigenvalue weighted by atomic mass is 10.3. The number of ether oxygens (including phenoxy) is 1. The van der Waals surface area contributed by atoms with Crippen molar-refractivity contribution in [3.8, 4) is 0 Å². The van der Waals surface area contributed by atoms with Crippen molar-refractivity contribution in [1.82, 2.24) is 0 Å². The number of nitrogens with zero attached hydrogens (tertiary/aromatic N) is 1. The minimum absolute atomic E-state index is 0.719. The molecule has 0 heterocycles. The molecule has 2 nitrogen and oxygen atoms in total. The number of thiocarbonyl (C=S) groups is 1. The number of hydrogen-bond donors (Lipinski definition) is 0. The quantitative estimate of drug-likeness (QED) is 0.255. The molecule has 0 rings (SSSR count). The summed E-state index contributed by atoms with van der Waals surface area (Å²) >= 11 is 4.39. The van der Waals surface area contributed by atoms with E-state index in [-0.39, 0.29) is 0 Å². The Morgan fingerprint density at radius 3 is 3.00 bits per heavy atom. The van der Waals surface area contributed by atoms with Crippen LogP contribution in [0.5, 0.6) is 0 Å². The lowest BCUT2D eigenvalue weighted by molar-refractivity contribution is 0.244. The molecular formula is C7H11NOS. The van der Waals surface area contributed by atoms with Crippen LogP contribution in [0.25, 0.3) is 0 Å². The first-order chi connectivity index (χ1) is 4.91. The van der Waals surface area contributed by atoms with Crippen LogP contribution in [0.2, 0.25) is 0 Å². The summed E-state index contributed by atoms with van der Waals surface area (Å²) in [5.41, 5.74) is 0. The molecule has 0 amide bonds. The summed E-state index contributed by atoms with van der Waals surface area (Å²) in [5.74, 6) is 0. The van der Waals surface area contributed by atoms with Crippen LogP contribution >= 0.6 is 12.2 Å². The van der Waals surface area contributed by atoms with Gasteiger partial charge >= 0.3 is 0 Å². The van der Waals surface area contributed by atoms with Crippen molar-refractivity contribution in [2.75, 3.05) is 13.2 Å². The zero-order valence-corrected chi connectivity index (χ0v) is 6.69. The van der Waals surface area contributed by atoms with Gasteiger partial charge in [0.2, 0.25) is 0 Å². The average Bonchev–Trinajstić information content (AvgIpc) is 1.97. The van der Waals surface area contributed by atoms with Crippen molar-refractivity contribution in [3.63, 3.8) is 0 Å². The van der Waals surface area contributed by atoms with E-state index in [1.54, 1.807) is 0 Å². The highest BCUT2D eigenvalue weighted by molar-refractivity contribution is 7.78. The number of unbranched alkanes of at least 4 members (excludes halogenated alkanes) is 1. The van der Waals surface area contributed by atoms with E-state index in [0.29, 0.717) is 0 Å². The first kappa shape index (κ1) is 9.34. The van der Waals surface area contributed by atoms with Gasteiger partial charge < -0.3 is 4.74 Å². The minimum atomic E-state index is 0.719. The predicted molar refractivity (Wildman–Crippen MR) is 45.3 cm³/mol. The Labute approximate surface area is 66.6 Å². The maximum atomic E-state index is 4.89. The Hall–Kier alpha value is -0.660. The summed E-state index contributed by atoms with van der Waals surface area (Å²) in [4.78, 5) is 3.75. The molecule has 0 aromatic carbocycles. The standard InChI is InChI=1S/C7H11NOS/c1-2-9-6-4-3-5-8-7-10/h2H,1,3-6H2. The third-order valence-electron chi connectivity index (χ3n) is 0.965. The second-order valence-corrected chi connectivity index (χ2v) is 1.90. The van der Waals surface area contributed by atoms with Crippen LogP contribution in [-0.2, 0) is 4.74 Å². The van der Waals surface area contributed by atoms with Gasteiger partial charge in [0.05, 0.1) is 18.0 Å². The molecule has 0 radical (unpaired) electrons. The van der Waals surface area contributed by atoms with E-state index in [1.807, 2.05) is 0 Å². The molecule has 0 aliphatic heterocycles. The third kappa shape index (κ3) is 7.34. The number of aliphatic imine (C=N–C) groups is 1. The van der Waals surface area contributed by atoms with E-state index >= 15 is 0 Å². The molecule has 0 spiro atoms. The van der Waals surface area contributed by atoms with E-state index in [2.05, 4.69) is 29.0 Å². The van der Waals surface area contributed by atoms with Crippen LogP contribution in [0, 0.1) is 0 Å². The fraction of sp³-hybridized carbons (Fsp3) is 0.571. The molecule has 10 heavy (non-hydrogen) atoms. The largest absolute Gasteiger partial charge is 0.502 e. The second-order valence-electron chi connectivity index (χ2n) is 1.72. The van der Waals surface area contributed by atoms with Gasteiger partial charge in [-0.3, -0.25) is 0 Å². The first-order valence-corrected chi connectivity index (χ1v) is 3.58. The Balaban J connectivity index is 2.90. The fourth-order valence-electron chi connectivity index (χ4n) is 0.505. The average molecular weight is 157 g/mol. The van der Waals surface area contributed by atoms with Gasteiger partial charge in [-0.15, -0.1) is 0 Å². The van der Waals surface area contributed by atoms with E-state index in [0.717, 1.165) is 26.0 Å². The third-order valence-corrected chi connectivity index (χ3v) is 1.09. The Morgan fingerprint density at radius 1 is 1.60 bits per heavy atom. The van der Waals surface area contributed by atoms with Gasteiger partial charge in [-0.05, 0) is 25.1 Å². The van der Waals surface area contributed by atoms with Crippen molar-refractivity contribution in [2.24, 2.45) is 4.99 Å². The van der Waals surface area contributed by atoms with Crippen LogP contribution in [0.1, 0.15) is 12.8 Å². The first-order valence-electron chi connectivity index (χ1n) is 3.18. The summed E-state index contributed by atoms with van der Waals surface area (Å²) in [6, 6.07) is 0. The highest BCUT2D eigenvalue weighted by Crippen LogP contribution is 1.89. The van der Waals surface area contributed by atoms with E-state index in [9.17, 15) is 0 Å². The predicted octanol–water partition coefficient (Wildman–Crippen LogP) is 2.03. The summed E-state index contributed by atoms with van der Waals surface area (Å²) in [5, 5.41) is 2.31. The number of hydrogen-bond acceptors (Lipinski definition) is 3. The SMILES string of the molecule is C=COCCCCN=C=S. The lowest BCUT2D eigenvalue weighted by Gasteiger charge is -1.96. The van der Waals surface area contributed by atoms with Crippen molar-refractivity contribution in [1.29, 1.82) is 0 Å². The Kier molecular flexibility index (Phi) is 7.79. The molecule has 0 N–H and O–H groups in total. The molecule has 0 saturated carbocycles. The highest BCUT2D eigenvalue weighted by atomic mass is 32.1. The van der Waals surface area contributed by atoms with E-state index in [4.69, 9.17) is 4.74 Å². The fourth-order valence-corrected chi connectivity index (χ4v) is 0.597. The number of isothiocyanates is 1. The van der Waals surface area contributed by atoms with Crippen LogP contribution in [0.4, 0.5) is 0 Å². The molecule has 0 aromatic heterocycles. The summed E-state index contributed by atoms with van der Waals surface area (Å²) in [7, 11) is 0. The smallest absolute Gasteiger partial charge is 0.0873 e. The zero-order valence-electron chi connectivity index (χ0n) is 5.88. The van der Waals surface area contributed by atoms with Gasteiger partial charge in [-0.25, -0.2) is 4.99 Å². The van der Waals surface area contributed by atoms with Crippen molar-refractivity contribution in [3.05, 3.63) is 12.8 Å². The van der Waals surface area contributed by atoms with Gasteiger partial charge in [0.25, 0.3) is 0 Å². The monoisotopic (exact) mass is 157 g/mol. The highest BCUT2D eigenvalue weighted by Gasteiger charge is 1.84. The lowest BCUT2D eigenvalue weighted by Crippen LogP contribution is -1.88. The molecule has 3 heteroatoms. The molecule has 0 bridgehead atoms. The van der Waals surface area contributed by atoms with Crippen LogP contribution in [0.15, 0.2) is 17.8 Å².